The molecule has 0 aliphatic carbocycles. The van der Waals surface area contributed by atoms with Crippen LogP contribution < -0.4 is 4.74 Å². The number of halogens is 1. The van der Waals surface area contributed by atoms with Gasteiger partial charge in [0.15, 0.2) is 0 Å². The molecule has 28 heavy (non-hydrogen) atoms. The molecule has 6 nitrogen and oxygen atoms in total. The molecule has 0 atom stereocenters. The summed E-state index contributed by atoms with van der Waals surface area (Å²) in [4.78, 5) is 20.2. The van der Waals surface area contributed by atoms with Crippen LogP contribution in [0.15, 0.2) is 42.7 Å². The van der Waals surface area contributed by atoms with Gasteiger partial charge in [0.2, 0.25) is 0 Å². The summed E-state index contributed by atoms with van der Waals surface area (Å²) in [5.74, 6) is 1.41. The van der Waals surface area contributed by atoms with Crippen molar-refractivity contribution in [1.29, 1.82) is 0 Å². The highest BCUT2D eigenvalue weighted by Gasteiger charge is 2.25. The Labute approximate surface area is 171 Å². The van der Waals surface area contributed by atoms with Crippen LogP contribution in [0.1, 0.15) is 26.3 Å². The average Bonchev–Trinajstić information content (AvgIpc) is 2.61. The number of aromatic nitrogens is 1. The van der Waals surface area contributed by atoms with Crippen LogP contribution in [-0.4, -0.2) is 52.7 Å². The molecule has 0 bridgehead atoms. The average molecular weight is 404 g/mol. The number of hydrogen-bond donors (Lipinski definition) is 0. The van der Waals surface area contributed by atoms with Crippen LogP contribution in [0.3, 0.4) is 0 Å². The minimum atomic E-state index is -0.472. The number of benzene rings is 1. The summed E-state index contributed by atoms with van der Waals surface area (Å²) in [6.07, 6.45) is 3.12. The Morgan fingerprint density at radius 2 is 1.75 bits per heavy atom. The molecule has 1 aromatic carbocycles. The molecule has 0 radical (unpaired) electrons. The van der Waals surface area contributed by atoms with E-state index >= 15 is 0 Å². The van der Waals surface area contributed by atoms with Gasteiger partial charge in [-0.3, -0.25) is 9.88 Å². The van der Waals surface area contributed by atoms with Gasteiger partial charge in [0, 0.05) is 50.1 Å². The normalized spacial score (nSPS) is 15.4. The van der Waals surface area contributed by atoms with E-state index in [1.807, 2.05) is 32.9 Å². The first kappa shape index (κ1) is 20.4. The summed E-state index contributed by atoms with van der Waals surface area (Å²) >= 11 is 6.28. The molecular weight excluding hydrogens is 378 g/mol. The lowest BCUT2D eigenvalue weighted by Crippen LogP contribution is -2.49. The third-order valence-electron chi connectivity index (χ3n) is 4.25. The number of carbonyl (C=O) groups excluding carboxylic acids is 1. The number of hydrogen-bond acceptors (Lipinski definition) is 5. The maximum atomic E-state index is 12.2. The molecule has 1 aliphatic heterocycles. The number of ether oxygens (including phenoxy) is 2. The molecule has 150 valence electrons. The smallest absolute Gasteiger partial charge is 0.410 e. The number of rotatable bonds is 4. The molecule has 7 heteroatoms. The Balaban J connectivity index is 1.57. The Hall–Kier alpha value is -2.31. The van der Waals surface area contributed by atoms with Crippen LogP contribution >= 0.6 is 11.6 Å². The predicted molar refractivity (Wildman–Crippen MR) is 109 cm³/mol. The van der Waals surface area contributed by atoms with E-state index in [1.165, 1.54) is 0 Å². The standard InChI is InChI=1S/C21H26ClN3O3/c1-21(2,3)28-20(26)25-10-8-24(9-11-25)15-16-12-17(22)14-19(13-16)27-18-4-6-23-7-5-18/h4-7,12-14H,8-11,15H2,1-3H3. The van der Waals surface area contributed by atoms with Crippen molar-refractivity contribution in [3.8, 4) is 11.5 Å². The van der Waals surface area contributed by atoms with Gasteiger partial charge in [0.05, 0.1) is 0 Å². The van der Waals surface area contributed by atoms with Crippen LogP contribution in [0.2, 0.25) is 5.02 Å². The first-order valence-corrected chi connectivity index (χ1v) is 9.74. The van der Waals surface area contributed by atoms with E-state index in [0.29, 0.717) is 29.6 Å². The van der Waals surface area contributed by atoms with Crippen molar-refractivity contribution in [2.75, 3.05) is 26.2 Å². The van der Waals surface area contributed by atoms with Gasteiger partial charge in [-0.1, -0.05) is 11.6 Å². The lowest BCUT2D eigenvalue weighted by molar-refractivity contribution is 0.0139. The van der Waals surface area contributed by atoms with Crippen molar-refractivity contribution < 1.29 is 14.3 Å². The summed E-state index contributed by atoms with van der Waals surface area (Å²) in [5, 5.41) is 0.633. The molecule has 0 unspecified atom stereocenters. The summed E-state index contributed by atoms with van der Waals surface area (Å²) in [7, 11) is 0. The lowest BCUT2D eigenvalue weighted by Gasteiger charge is -2.35. The summed E-state index contributed by atoms with van der Waals surface area (Å²) < 4.78 is 11.3. The third-order valence-corrected chi connectivity index (χ3v) is 4.46. The van der Waals surface area contributed by atoms with E-state index < -0.39 is 5.60 Å². The van der Waals surface area contributed by atoms with Gasteiger partial charge in [0.25, 0.3) is 0 Å². The molecule has 2 heterocycles. The summed E-state index contributed by atoms with van der Waals surface area (Å²) in [6.45, 7) is 9.25. The van der Waals surface area contributed by atoms with Crippen LogP contribution in [0.5, 0.6) is 11.5 Å². The Bertz CT molecular complexity index is 800. The topological polar surface area (TPSA) is 54.9 Å². The molecule has 2 aromatic rings. The van der Waals surface area contributed by atoms with E-state index in [1.54, 1.807) is 35.5 Å². The highest BCUT2D eigenvalue weighted by molar-refractivity contribution is 6.30. The molecule has 1 aromatic heterocycles. The minimum Gasteiger partial charge on any atom is -0.457 e. The van der Waals surface area contributed by atoms with Gasteiger partial charge in [0.1, 0.15) is 17.1 Å². The van der Waals surface area contributed by atoms with E-state index in [9.17, 15) is 4.79 Å². The van der Waals surface area contributed by atoms with Gasteiger partial charge in [-0.05, 0) is 56.7 Å². The highest BCUT2D eigenvalue weighted by Crippen LogP contribution is 2.26. The highest BCUT2D eigenvalue weighted by atomic mass is 35.5. The SMILES string of the molecule is CC(C)(C)OC(=O)N1CCN(Cc2cc(Cl)cc(Oc3ccncc3)c2)CC1. The zero-order valence-corrected chi connectivity index (χ0v) is 17.3. The van der Waals surface area contributed by atoms with E-state index in [4.69, 9.17) is 21.1 Å². The van der Waals surface area contributed by atoms with Gasteiger partial charge < -0.3 is 14.4 Å². The van der Waals surface area contributed by atoms with E-state index in [-0.39, 0.29) is 6.09 Å². The van der Waals surface area contributed by atoms with Crippen molar-refractivity contribution in [3.05, 3.63) is 53.3 Å². The summed E-state index contributed by atoms with van der Waals surface area (Å²) in [5.41, 5.74) is 0.600. The molecule has 1 fully saturated rings. The molecule has 0 saturated carbocycles. The second-order valence-corrected chi connectivity index (χ2v) is 8.26. The number of nitrogens with zero attached hydrogens (tertiary/aromatic N) is 3. The van der Waals surface area contributed by atoms with Gasteiger partial charge in [-0.2, -0.15) is 0 Å². The van der Waals surface area contributed by atoms with Crippen LogP contribution in [0.4, 0.5) is 4.79 Å². The largest absolute Gasteiger partial charge is 0.457 e. The first-order valence-electron chi connectivity index (χ1n) is 9.36. The zero-order valence-electron chi connectivity index (χ0n) is 16.5. The third kappa shape index (κ3) is 6.11. The van der Waals surface area contributed by atoms with Crippen molar-refractivity contribution in [3.63, 3.8) is 0 Å². The fraction of sp³-hybridized carbons (Fsp3) is 0.429. The lowest BCUT2D eigenvalue weighted by atomic mass is 10.2. The molecule has 1 aliphatic rings. The number of pyridine rings is 1. The number of piperazine rings is 1. The van der Waals surface area contributed by atoms with Crippen molar-refractivity contribution in [2.24, 2.45) is 0 Å². The zero-order chi connectivity index (χ0) is 20.1. The molecule has 0 N–H and O–H groups in total. The predicted octanol–water partition coefficient (Wildman–Crippen LogP) is 4.58. The monoisotopic (exact) mass is 403 g/mol. The van der Waals surface area contributed by atoms with Gasteiger partial charge in [-0.25, -0.2) is 4.79 Å². The summed E-state index contributed by atoms with van der Waals surface area (Å²) in [6, 6.07) is 9.34. The van der Waals surface area contributed by atoms with Crippen LogP contribution in [-0.2, 0) is 11.3 Å². The Morgan fingerprint density at radius 1 is 1.07 bits per heavy atom. The second kappa shape index (κ2) is 8.80. The van der Waals surface area contributed by atoms with Crippen molar-refractivity contribution >= 4 is 17.7 Å². The number of amides is 1. The molecule has 1 saturated heterocycles. The molecule has 3 rings (SSSR count). The second-order valence-electron chi connectivity index (χ2n) is 7.82. The van der Waals surface area contributed by atoms with Gasteiger partial charge >= 0.3 is 6.09 Å². The molecule has 0 spiro atoms. The molecule has 1 amide bonds. The quantitative estimate of drug-likeness (QED) is 0.747. The first-order chi connectivity index (χ1) is 13.3. The fourth-order valence-electron chi connectivity index (χ4n) is 2.99. The van der Waals surface area contributed by atoms with E-state index in [0.717, 1.165) is 25.2 Å². The van der Waals surface area contributed by atoms with Crippen molar-refractivity contribution in [2.45, 2.75) is 32.9 Å². The Morgan fingerprint density at radius 3 is 2.39 bits per heavy atom. The Kier molecular flexibility index (Phi) is 6.42. The maximum Gasteiger partial charge on any atom is 0.410 e. The number of carbonyl (C=O) groups is 1. The minimum absolute atomic E-state index is 0.247. The fourth-order valence-corrected chi connectivity index (χ4v) is 3.23. The van der Waals surface area contributed by atoms with E-state index in [2.05, 4.69) is 9.88 Å². The molecular formula is C21H26ClN3O3. The maximum absolute atomic E-state index is 12.2. The van der Waals surface area contributed by atoms with Crippen molar-refractivity contribution in [1.82, 2.24) is 14.8 Å². The van der Waals surface area contributed by atoms with Crippen LogP contribution in [0, 0.1) is 0 Å². The van der Waals surface area contributed by atoms with Gasteiger partial charge in [-0.15, -0.1) is 0 Å². The van der Waals surface area contributed by atoms with Crippen LogP contribution in [0.25, 0.3) is 0 Å².